The van der Waals surface area contributed by atoms with Crippen molar-refractivity contribution in [1.82, 2.24) is 4.90 Å². The molecule has 0 unspecified atom stereocenters. The van der Waals surface area contributed by atoms with E-state index in [0.717, 1.165) is 6.42 Å². The second-order valence-corrected chi connectivity index (χ2v) is 4.73. The largest absolute Gasteiger partial charge is 0.491 e. The van der Waals surface area contributed by atoms with E-state index >= 15 is 0 Å². The van der Waals surface area contributed by atoms with Gasteiger partial charge in [0.25, 0.3) is 5.91 Å². The van der Waals surface area contributed by atoms with Gasteiger partial charge in [0, 0.05) is 6.54 Å². The number of ether oxygens (including phenoxy) is 1. The summed E-state index contributed by atoms with van der Waals surface area (Å²) in [5.74, 6) is 0.686. The van der Waals surface area contributed by atoms with Gasteiger partial charge in [-0.3, -0.25) is 4.79 Å². The number of benzene rings is 1. The molecule has 2 N–H and O–H groups in total. The van der Waals surface area contributed by atoms with Gasteiger partial charge in [-0.25, -0.2) is 0 Å². The first-order valence-electron chi connectivity index (χ1n) is 5.98. The van der Waals surface area contributed by atoms with Crippen LogP contribution in [-0.2, 0) is 0 Å². The van der Waals surface area contributed by atoms with Gasteiger partial charge in [-0.2, -0.15) is 0 Å². The predicted octanol–water partition coefficient (Wildman–Crippen LogP) is 1.59. The first kappa shape index (κ1) is 12.8. The van der Waals surface area contributed by atoms with Crippen molar-refractivity contribution in [2.24, 2.45) is 5.73 Å². The fraction of sp³-hybridized carbons (Fsp3) is 0.385. The Morgan fingerprint density at radius 2 is 2.22 bits per heavy atom. The van der Waals surface area contributed by atoms with E-state index in [9.17, 15) is 4.79 Å². The average Bonchev–Trinajstić information content (AvgIpc) is 2.50. The Morgan fingerprint density at radius 3 is 3.00 bits per heavy atom. The summed E-state index contributed by atoms with van der Waals surface area (Å²) in [4.78, 5) is 14.6. The fourth-order valence-electron chi connectivity index (χ4n) is 1.96. The van der Waals surface area contributed by atoms with Crippen LogP contribution in [0, 0.1) is 0 Å². The quantitative estimate of drug-likeness (QED) is 0.839. The molecular weight excluding hydrogens is 248 g/mol. The van der Waals surface area contributed by atoms with Crippen LogP contribution in [-0.4, -0.2) is 35.5 Å². The molecule has 4 nitrogen and oxygen atoms in total. The molecule has 0 fully saturated rings. The normalized spacial score (nSPS) is 14.7. The molecule has 1 aliphatic heterocycles. The molecule has 0 spiro atoms. The molecule has 1 aliphatic rings. The van der Waals surface area contributed by atoms with E-state index in [4.69, 9.17) is 22.7 Å². The second kappa shape index (κ2) is 5.82. The molecular formula is C13H16N2O2S. The van der Waals surface area contributed by atoms with Crippen molar-refractivity contribution in [3.05, 3.63) is 29.8 Å². The number of nitrogens with zero attached hydrogens (tertiary/aromatic N) is 1. The van der Waals surface area contributed by atoms with Crippen LogP contribution in [0.4, 0.5) is 0 Å². The topological polar surface area (TPSA) is 55.6 Å². The third-order valence-electron chi connectivity index (χ3n) is 2.87. The highest BCUT2D eigenvalue weighted by molar-refractivity contribution is 7.80. The molecule has 0 aliphatic carbocycles. The van der Waals surface area contributed by atoms with E-state index in [1.165, 1.54) is 0 Å². The van der Waals surface area contributed by atoms with Crippen LogP contribution in [0.25, 0.3) is 0 Å². The van der Waals surface area contributed by atoms with Crippen molar-refractivity contribution in [3.8, 4) is 5.75 Å². The summed E-state index contributed by atoms with van der Waals surface area (Å²) in [7, 11) is 0. The van der Waals surface area contributed by atoms with Gasteiger partial charge in [-0.15, -0.1) is 0 Å². The van der Waals surface area contributed by atoms with E-state index in [1.54, 1.807) is 11.0 Å². The Bertz CT molecular complexity index is 462. The van der Waals surface area contributed by atoms with Crippen molar-refractivity contribution in [3.63, 3.8) is 0 Å². The molecule has 0 bridgehead atoms. The predicted molar refractivity (Wildman–Crippen MR) is 73.9 cm³/mol. The average molecular weight is 264 g/mol. The number of amides is 1. The molecule has 2 rings (SSSR count). The van der Waals surface area contributed by atoms with Gasteiger partial charge >= 0.3 is 0 Å². The van der Waals surface area contributed by atoms with Crippen LogP contribution in [0.3, 0.4) is 0 Å². The lowest BCUT2D eigenvalue weighted by atomic mass is 10.1. The molecule has 0 aromatic heterocycles. The fourth-order valence-corrected chi connectivity index (χ4v) is 2.11. The Morgan fingerprint density at radius 1 is 1.44 bits per heavy atom. The summed E-state index contributed by atoms with van der Waals surface area (Å²) in [5, 5.41) is 0. The van der Waals surface area contributed by atoms with Crippen molar-refractivity contribution < 1.29 is 9.53 Å². The lowest BCUT2D eigenvalue weighted by molar-refractivity contribution is 0.0754. The molecule has 96 valence electrons. The lowest BCUT2D eigenvalue weighted by Crippen LogP contribution is -2.33. The van der Waals surface area contributed by atoms with Gasteiger partial charge in [-0.05, 0) is 25.0 Å². The Kier molecular flexibility index (Phi) is 4.15. The lowest BCUT2D eigenvalue weighted by Gasteiger charge is -2.19. The number of carbonyl (C=O) groups excluding carboxylic acids is 1. The number of rotatable bonds is 4. The van der Waals surface area contributed by atoms with Crippen LogP contribution >= 0.6 is 12.2 Å². The van der Waals surface area contributed by atoms with Crippen molar-refractivity contribution >= 4 is 23.1 Å². The zero-order chi connectivity index (χ0) is 13.0. The van der Waals surface area contributed by atoms with Crippen LogP contribution in [0.15, 0.2) is 24.3 Å². The first-order chi connectivity index (χ1) is 8.68. The molecule has 0 radical (unpaired) electrons. The Hall–Kier alpha value is -1.62. The molecule has 5 heteroatoms. The summed E-state index contributed by atoms with van der Waals surface area (Å²) in [6.45, 7) is 1.79. The number of para-hydroxylation sites is 1. The summed E-state index contributed by atoms with van der Waals surface area (Å²) < 4.78 is 5.56. The number of thiocarbonyl (C=S) groups is 1. The third-order valence-corrected chi connectivity index (χ3v) is 3.08. The van der Waals surface area contributed by atoms with E-state index in [-0.39, 0.29) is 5.91 Å². The van der Waals surface area contributed by atoms with E-state index < -0.39 is 0 Å². The SMILES string of the molecule is NC(=S)CCCN1CCOc2ccccc2C1=O. The molecule has 1 amide bonds. The van der Waals surface area contributed by atoms with Gasteiger partial charge in [0.05, 0.1) is 17.1 Å². The number of hydrogen-bond acceptors (Lipinski definition) is 3. The van der Waals surface area contributed by atoms with Gasteiger partial charge in [0.15, 0.2) is 0 Å². The van der Waals surface area contributed by atoms with Crippen LogP contribution in [0.5, 0.6) is 5.75 Å². The van der Waals surface area contributed by atoms with Crippen molar-refractivity contribution in [2.45, 2.75) is 12.8 Å². The molecule has 0 saturated carbocycles. The molecule has 18 heavy (non-hydrogen) atoms. The highest BCUT2D eigenvalue weighted by Crippen LogP contribution is 2.22. The number of hydrogen-bond donors (Lipinski definition) is 1. The monoisotopic (exact) mass is 264 g/mol. The minimum atomic E-state index is 0.0195. The number of nitrogens with two attached hydrogens (primary N) is 1. The summed E-state index contributed by atoms with van der Waals surface area (Å²) >= 11 is 4.83. The minimum absolute atomic E-state index is 0.0195. The van der Waals surface area contributed by atoms with Gasteiger partial charge in [0.1, 0.15) is 12.4 Å². The standard InChI is InChI=1S/C13H16N2O2S/c14-12(18)6-3-7-15-8-9-17-11-5-2-1-4-10(11)13(15)16/h1-2,4-5H,3,6-9H2,(H2,14,18). The Balaban J connectivity index is 2.06. The maximum Gasteiger partial charge on any atom is 0.257 e. The van der Waals surface area contributed by atoms with Crippen molar-refractivity contribution in [2.75, 3.05) is 19.7 Å². The molecule has 1 aromatic carbocycles. The summed E-state index contributed by atoms with van der Waals surface area (Å²) in [5.41, 5.74) is 6.08. The molecule has 1 heterocycles. The van der Waals surface area contributed by atoms with Gasteiger partial charge in [0.2, 0.25) is 0 Å². The molecule has 0 saturated heterocycles. The highest BCUT2D eigenvalue weighted by Gasteiger charge is 2.22. The van der Waals surface area contributed by atoms with Gasteiger partial charge < -0.3 is 15.4 Å². The maximum atomic E-state index is 12.3. The van der Waals surface area contributed by atoms with Crippen LogP contribution in [0.2, 0.25) is 0 Å². The third kappa shape index (κ3) is 2.98. The number of fused-ring (bicyclic) bond motifs is 1. The molecule has 0 atom stereocenters. The maximum absolute atomic E-state index is 12.3. The van der Waals surface area contributed by atoms with Gasteiger partial charge in [-0.1, -0.05) is 24.4 Å². The summed E-state index contributed by atoms with van der Waals surface area (Å²) in [6, 6.07) is 7.34. The van der Waals surface area contributed by atoms with E-state index in [0.29, 0.717) is 42.4 Å². The zero-order valence-corrected chi connectivity index (χ0v) is 10.9. The Labute approximate surface area is 112 Å². The minimum Gasteiger partial charge on any atom is -0.491 e. The smallest absolute Gasteiger partial charge is 0.257 e. The second-order valence-electron chi connectivity index (χ2n) is 4.21. The molecule has 1 aromatic rings. The number of carbonyl (C=O) groups is 1. The van der Waals surface area contributed by atoms with Crippen LogP contribution < -0.4 is 10.5 Å². The van der Waals surface area contributed by atoms with Crippen molar-refractivity contribution in [1.29, 1.82) is 0 Å². The van der Waals surface area contributed by atoms with E-state index in [1.807, 2.05) is 18.2 Å². The first-order valence-corrected chi connectivity index (χ1v) is 6.38. The highest BCUT2D eigenvalue weighted by atomic mass is 32.1. The zero-order valence-electron chi connectivity index (χ0n) is 10.1. The summed E-state index contributed by atoms with van der Waals surface area (Å²) in [6.07, 6.45) is 1.46. The van der Waals surface area contributed by atoms with E-state index in [2.05, 4.69) is 0 Å². The van der Waals surface area contributed by atoms with Crippen LogP contribution in [0.1, 0.15) is 23.2 Å².